The van der Waals surface area contributed by atoms with Gasteiger partial charge in [-0.15, -0.1) is 0 Å². The number of furan rings is 1. The van der Waals surface area contributed by atoms with E-state index in [9.17, 15) is 18.8 Å². The molecule has 2 rings (SSSR count). The monoisotopic (exact) mass is 350 g/mol. The number of hydrogen-bond donors (Lipinski definition) is 2. The normalized spacial score (nSPS) is 11.3. The van der Waals surface area contributed by atoms with Crippen LogP contribution in [0, 0.1) is 5.82 Å². The Morgan fingerprint density at radius 3 is 2.52 bits per heavy atom. The number of carbonyl (C=O) groups is 3. The van der Waals surface area contributed by atoms with E-state index in [1.165, 1.54) is 49.6 Å². The fourth-order valence-corrected chi connectivity index (χ4v) is 1.65. The highest BCUT2D eigenvalue weighted by molar-refractivity contribution is 5.93. The molecule has 1 atom stereocenters. The van der Waals surface area contributed by atoms with E-state index in [0.717, 1.165) is 0 Å². The molecule has 1 heterocycles. The van der Waals surface area contributed by atoms with Gasteiger partial charge in [0, 0.05) is 0 Å². The molecule has 0 unspecified atom stereocenters. The standard InChI is InChI=1S/C16H15FN2O6/c1-10(25-12-6-4-11(17)5-7-12)16(22)24-9-14(20)18-19-15(21)13-3-2-8-23-13/h2-8,10H,9H2,1H3,(H,18,20)(H,19,21)/t10-/m0/s1. The first-order valence-corrected chi connectivity index (χ1v) is 7.17. The lowest BCUT2D eigenvalue weighted by Gasteiger charge is -2.14. The predicted octanol–water partition coefficient (Wildman–Crippen LogP) is 1.19. The number of hydrazine groups is 1. The van der Waals surface area contributed by atoms with Crippen molar-refractivity contribution < 1.29 is 32.7 Å². The number of benzene rings is 1. The SMILES string of the molecule is C[C@H](Oc1ccc(F)cc1)C(=O)OCC(=O)NNC(=O)c1ccco1. The fraction of sp³-hybridized carbons (Fsp3) is 0.188. The van der Waals surface area contributed by atoms with Gasteiger partial charge in [0.1, 0.15) is 11.6 Å². The fourth-order valence-electron chi connectivity index (χ4n) is 1.65. The van der Waals surface area contributed by atoms with Crippen LogP contribution in [0.5, 0.6) is 5.75 Å². The molecule has 0 saturated carbocycles. The Kier molecular flexibility index (Phi) is 6.10. The summed E-state index contributed by atoms with van der Waals surface area (Å²) in [5, 5.41) is 0. The zero-order chi connectivity index (χ0) is 18.2. The second-order valence-corrected chi connectivity index (χ2v) is 4.80. The van der Waals surface area contributed by atoms with E-state index in [1.807, 2.05) is 0 Å². The minimum atomic E-state index is -1.00. The quantitative estimate of drug-likeness (QED) is 0.599. The highest BCUT2D eigenvalue weighted by Crippen LogP contribution is 2.13. The van der Waals surface area contributed by atoms with Gasteiger partial charge in [-0.3, -0.25) is 20.4 Å². The van der Waals surface area contributed by atoms with Crippen molar-refractivity contribution in [1.29, 1.82) is 0 Å². The molecule has 1 aromatic heterocycles. The van der Waals surface area contributed by atoms with Gasteiger partial charge >= 0.3 is 11.9 Å². The Labute approximate surface area is 141 Å². The third-order valence-electron chi connectivity index (χ3n) is 2.86. The molecule has 132 valence electrons. The van der Waals surface area contributed by atoms with Crippen LogP contribution in [0.3, 0.4) is 0 Å². The smallest absolute Gasteiger partial charge is 0.347 e. The molecule has 2 N–H and O–H groups in total. The lowest BCUT2D eigenvalue weighted by Crippen LogP contribution is -2.44. The highest BCUT2D eigenvalue weighted by Gasteiger charge is 2.18. The molecule has 0 fully saturated rings. The predicted molar refractivity (Wildman–Crippen MR) is 81.8 cm³/mol. The minimum Gasteiger partial charge on any atom is -0.479 e. The Morgan fingerprint density at radius 1 is 1.16 bits per heavy atom. The van der Waals surface area contributed by atoms with Crippen molar-refractivity contribution in [1.82, 2.24) is 10.9 Å². The summed E-state index contributed by atoms with van der Waals surface area (Å²) >= 11 is 0. The molecule has 0 aliphatic heterocycles. The van der Waals surface area contributed by atoms with Gasteiger partial charge in [-0.05, 0) is 43.3 Å². The molecule has 2 amide bonds. The van der Waals surface area contributed by atoms with Crippen LogP contribution in [0.4, 0.5) is 4.39 Å². The highest BCUT2D eigenvalue weighted by atomic mass is 19.1. The average Bonchev–Trinajstić information content (AvgIpc) is 3.14. The van der Waals surface area contributed by atoms with Gasteiger partial charge < -0.3 is 13.9 Å². The van der Waals surface area contributed by atoms with Gasteiger partial charge in [-0.1, -0.05) is 0 Å². The maximum Gasteiger partial charge on any atom is 0.347 e. The number of rotatable bonds is 6. The molecule has 0 radical (unpaired) electrons. The van der Waals surface area contributed by atoms with Crippen LogP contribution in [0.1, 0.15) is 17.5 Å². The first-order valence-electron chi connectivity index (χ1n) is 7.17. The van der Waals surface area contributed by atoms with Crippen molar-refractivity contribution in [3.63, 3.8) is 0 Å². The first-order chi connectivity index (χ1) is 12.0. The topological polar surface area (TPSA) is 107 Å². The number of carbonyl (C=O) groups excluding carboxylic acids is 3. The largest absolute Gasteiger partial charge is 0.479 e. The molecule has 25 heavy (non-hydrogen) atoms. The molecule has 2 aromatic rings. The van der Waals surface area contributed by atoms with Gasteiger partial charge in [0.05, 0.1) is 6.26 Å². The number of amides is 2. The van der Waals surface area contributed by atoms with Crippen LogP contribution >= 0.6 is 0 Å². The van der Waals surface area contributed by atoms with E-state index in [-0.39, 0.29) is 11.5 Å². The van der Waals surface area contributed by atoms with Gasteiger partial charge in [0.25, 0.3) is 5.91 Å². The maximum atomic E-state index is 12.8. The van der Waals surface area contributed by atoms with Crippen LogP contribution in [0.25, 0.3) is 0 Å². The van der Waals surface area contributed by atoms with Crippen LogP contribution in [0.15, 0.2) is 47.1 Å². The van der Waals surface area contributed by atoms with Gasteiger partial charge in [0.2, 0.25) is 0 Å². The van der Waals surface area contributed by atoms with E-state index < -0.39 is 36.3 Å². The third kappa shape index (κ3) is 5.65. The lowest BCUT2D eigenvalue weighted by molar-refractivity contribution is -0.154. The number of halogens is 1. The molecular formula is C16H15FN2O6. The van der Waals surface area contributed by atoms with Crippen LogP contribution < -0.4 is 15.6 Å². The van der Waals surface area contributed by atoms with Crippen molar-refractivity contribution in [3.05, 3.63) is 54.2 Å². The first kappa shape index (κ1) is 18.0. The van der Waals surface area contributed by atoms with Crippen molar-refractivity contribution in [2.24, 2.45) is 0 Å². The molecule has 0 saturated heterocycles. The van der Waals surface area contributed by atoms with E-state index >= 15 is 0 Å². The Hall–Kier alpha value is -3.36. The van der Waals surface area contributed by atoms with Crippen LogP contribution in [0.2, 0.25) is 0 Å². The molecular weight excluding hydrogens is 335 g/mol. The maximum absolute atomic E-state index is 12.8. The summed E-state index contributed by atoms with van der Waals surface area (Å²) in [7, 11) is 0. The van der Waals surface area contributed by atoms with Crippen molar-refractivity contribution in [2.75, 3.05) is 6.61 Å². The van der Waals surface area contributed by atoms with Crippen LogP contribution in [-0.2, 0) is 14.3 Å². The summed E-state index contributed by atoms with van der Waals surface area (Å²) in [4.78, 5) is 34.8. The molecule has 1 aromatic carbocycles. The molecule has 8 nitrogen and oxygen atoms in total. The van der Waals surface area contributed by atoms with E-state index in [2.05, 4.69) is 10.9 Å². The zero-order valence-electron chi connectivity index (χ0n) is 13.2. The Balaban J connectivity index is 1.70. The molecule has 0 spiro atoms. The second-order valence-electron chi connectivity index (χ2n) is 4.80. The summed E-state index contributed by atoms with van der Waals surface area (Å²) in [6, 6.07) is 8.01. The summed E-state index contributed by atoms with van der Waals surface area (Å²) in [6.45, 7) is 0.802. The molecule has 0 bridgehead atoms. The summed E-state index contributed by atoms with van der Waals surface area (Å²) in [5.74, 6) is -2.34. The van der Waals surface area contributed by atoms with Gasteiger partial charge in [-0.25, -0.2) is 9.18 Å². The zero-order valence-corrected chi connectivity index (χ0v) is 13.2. The van der Waals surface area contributed by atoms with E-state index in [1.54, 1.807) is 0 Å². The number of nitrogens with one attached hydrogen (secondary N) is 2. The second kappa shape index (κ2) is 8.48. The van der Waals surface area contributed by atoms with Crippen molar-refractivity contribution in [3.8, 4) is 5.75 Å². The molecule has 0 aliphatic rings. The van der Waals surface area contributed by atoms with Gasteiger partial charge in [0.15, 0.2) is 18.5 Å². The van der Waals surface area contributed by atoms with E-state index in [0.29, 0.717) is 0 Å². The third-order valence-corrected chi connectivity index (χ3v) is 2.86. The lowest BCUT2D eigenvalue weighted by atomic mass is 10.3. The number of esters is 1. The molecule has 0 aliphatic carbocycles. The van der Waals surface area contributed by atoms with Crippen LogP contribution in [-0.4, -0.2) is 30.5 Å². The Morgan fingerprint density at radius 2 is 1.88 bits per heavy atom. The summed E-state index contributed by atoms with van der Waals surface area (Å²) in [5.41, 5.74) is 4.16. The number of hydrogen-bond acceptors (Lipinski definition) is 6. The van der Waals surface area contributed by atoms with Crippen molar-refractivity contribution >= 4 is 17.8 Å². The van der Waals surface area contributed by atoms with Gasteiger partial charge in [-0.2, -0.15) is 0 Å². The van der Waals surface area contributed by atoms with E-state index in [4.69, 9.17) is 13.9 Å². The minimum absolute atomic E-state index is 0.0126. The molecule has 9 heteroatoms. The average molecular weight is 350 g/mol. The number of ether oxygens (including phenoxy) is 2. The summed E-state index contributed by atoms with van der Waals surface area (Å²) < 4.78 is 27.6. The summed E-state index contributed by atoms with van der Waals surface area (Å²) in [6.07, 6.45) is 0.303. The van der Waals surface area contributed by atoms with Crippen molar-refractivity contribution in [2.45, 2.75) is 13.0 Å². The Bertz CT molecular complexity index is 730.